The molecule has 2 aromatic carbocycles. The Labute approximate surface area is 253 Å². The first kappa shape index (κ1) is 29.0. The average molecular weight is 585 g/mol. The van der Waals surface area contributed by atoms with Crippen LogP contribution in [0.5, 0.6) is 11.5 Å². The highest BCUT2D eigenvalue weighted by Gasteiger charge is 2.35. The molecule has 0 unspecified atom stereocenters. The summed E-state index contributed by atoms with van der Waals surface area (Å²) in [7, 11) is 1.59. The van der Waals surface area contributed by atoms with Crippen molar-refractivity contribution in [3.05, 3.63) is 82.7 Å². The first-order valence-corrected chi connectivity index (χ1v) is 15.2. The Balaban J connectivity index is 1.03. The number of carbonyl (C=O) groups is 2. The van der Waals surface area contributed by atoms with Crippen LogP contribution in [0.15, 0.2) is 54.6 Å². The molecule has 0 spiro atoms. The summed E-state index contributed by atoms with van der Waals surface area (Å²) in [4.78, 5) is 36.8. The summed E-state index contributed by atoms with van der Waals surface area (Å²) in [5.74, 6) is 1.16. The fourth-order valence-corrected chi connectivity index (χ4v) is 6.59. The molecule has 0 N–H and O–H groups in total. The molecule has 43 heavy (non-hydrogen) atoms. The largest absolute Gasteiger partial charge is 0.496 e. The lowest BCUT2D eigenvalue weighted by molar-refractivity contribution is 0.0704. The first-order chi connectivity index (χ1) is 20.9. The Hall–Kier alpha value is -4.11. The highest BCUT2D eigenvalue weighted by atomic mass is 16.6. The molecule has 6 rings (SSSR count). The number of rotatable bonds is 7. The highest BCUT2D eigenvalue weighted by molar-refractivity contribution is 5.97. The average Bonchev–Trinajstić information content (AvgIpc) is 3.01. The predicted octanol–water partition coefficient (Wildman–Crippen LogP) is 5.51. The smallest absolute Gasteiger partial charge is 0.414 e. The zero-order valence-corrected chi connectivity index (χ0v) is 25.3. The zero-order valence-electron chi connectivity index (χ0n) is 25.3. The molecule has 9 heteroatoms. The van der Waals surface area contributed by atoms with Gasteiger partial charge in [0.15, 0.2) is 0 Å². The molecular weight excluding hydrogens is 544 g/mol. The predicted molar refractivity (Wildman–Crippen MR) is 164 cm³/mol. The van der Waals surface area contributed by atoms with Crippen LogP contribution in [0.3, 0.4) is 0 Å². The van der Waals surface area contributed by atoms with E-state index < -0.39 is 0 Å². The Kier molecular flexibility index (Phi) is 8.51. The maximum Gasteiger partial charge on any atom is 0.414 e. The Morgan fingerprint density at radius 2 is 1.67 bits per heavy atom. The summed E-state index contributed by atoms with van der Waals surface area (Å²) in [6.45, 7) is 8.34. The van der Waals surface area contributed by atoms with E-state index in [1.54, 1.807) is 12.0 Å². The number of fused-ring (bicyclic) bond motifs is 1. The number of pyridine rings is 1. The van der Waals surface area contributed by atoms with Crippen LogP contribution in [0, 0.1) is 13.8 Å². The molecule has 4 heterocycles. The van der Waals surface area contributed by atoms with Crippen LogP contribution in [-0.2, 0) is 17.9 Å². The van der Waals surface area contributed by atoms with Crippen molar-refractivity contribution in [2.45, 2.75) is 64.8 Å². The van der Waals surface area contributed by atoms with E-state index in [1.807, 2.05) is 61.2 Å². The van der Waals surface area contributed by atoms with E-state index in [1.165, 1.54) is 5.56 Å². The maximum atomic E-state index is 13.5. The Morgan fingerprint density at radius 3 is 2.40 bits per heavy atom. The molecule has 1 aromatic heterocycles. The number of hydrogen-bond acceptors (Lipinski definition) is 7. The normalized spacial score (nSPS) is 18.3. The monoisotopic (exact) mass is 584 g/mol. The molecule has 0 radical (unpaired) electrons. The summed E-state index contributed by atoms with van der Waals surface area (Å²) in [6, 6.07) is 17.7. The van der Waals surface area contributed by atoms with E-state index in [4.69, 9.17) is 14.2 Å². The first-order valence-electron chi connectivity index (χ1n) is 15.2. The summed E-state index contributed by atoms with van der Waals surface area (Å²) in [6.07, 6.45) is 3.04. The number of cyclic esters (lactones) is 1. The zero-order chi connectivity index (χ0) is 29.9. The second kappa shape index (κ2) is 12.6. The fourth-order valence-electron chi connectivity index (χ4n) is 6.59. The van der Waals surface area contributed by atoms with E-state index in [-0.39, 0.29) is 24.1 Å². The molecule has 0 saturated carbocycles. The number of amides is 2. The number of piperidine rings is 2. The van der Waals surface area contributed by atoms with Gasteiger partial charge in [0.1, 0.15) is 24.2 Å². The van der Waals surface area contributed by atoms with E-state index in [0.717, 1.165) is 55.1 Å². The topological polar surface area (TPSA) is 84.4 Å². The Morgan fingerprint density at radius 1 is 0.953 bits per heavy atom. The van der Waals surface area contributed by atoms with Crippen LogP contribution in [0.4, 0.5) is 10.5 Å². The molecule has 9 nitrogen and oxygen atoms in total. The van der Waals surface area contributed by atoms with Gasteiger partial charge >= 0.3 is 6.09 Å². The molecule has 2 saturated heterocycles. The lowest BCUT2D eigenvalue weighted by atomic mass is 10.00. The van der Waals surface area contributed by atoms with Crippen molar-refractivity contribution < 1.29 is 23.8 Å². The second-order valence-electron chi connectivity index (χ2n) is 11.8. The molecule has 0 aliphatic carbocycles. The van der Waals surface area contributed by atoms with Crippen molar-refractivity contribution >= 4 is 17.7 Å². The molecule has 3 aliphatic rings. The molecular formula is C34H40N4O5. The number of anilines is 1. The number of ether oxygens (including phenoxy) is 3. The number of benzene rings is 2. The van der Waals surface area contributed by atoms with Crippen molar-refractivity contribution in [3.63, 3.8) is 0 Å². The van der Waals surface area contributed by atoms with Crippen molar-refractivity contribution in [1.82, 2.24) is 14.8 Å². The van der Waals surface area contributed by atoms with Crippen LogP contribution in [0.2, 0.25) is 0 Å². The minimum absolute atomic E-state index is 0.0139. The lowest BCUT2D eigenvalue weighted by Gasteiger charge is -2.40. The van der Waals surface area contributed by atoms with Gasteiger partial charge < -0.3 is 19.1 Å². The second-order valence-corrected chi connectivity index (χ2v) is 11.8. The Bertz CT molecular complexity index is 1460. The third-order valence-electron chi connectivity index (χ3n) is 8.70. The maximum absolute atomic E-state index is 13.5. The van der Waals surface area contributed by atoms with Gasteiger partial charge in [0.2, 0.25) is 0 Å². The van der Waals surface area contributed by atoms with Gasteiger partial charge in [-0.3, -0.25) is 19.6 Å². The highest BCUT2D eigenvalue weighted by Crippen LogP contribution is 2.33. The number of para-hydroxylation sites is 1. The number of hydrogen-bond donors (Lipinski definition) is 0. The molecule has 0 bridgehead atoms. The van der Waals surface area contributed by atoms with E-state index in [2.05, 4.69) is 22.0 Å². The number of carbonyl (C=O) groups excluding carboxylic acids is 2. The van der Waals surface area contributed by atoms with Crippen LogP contribution in [-0.4, -0.2) is 72.2 Å². The lowest BCUT2D eigenvalue weighted by Crippen LogP contribution is -2.50. The van der Waals surface area contributed by atoms with Crippen LogP contribution in [0.25, 0.3) is 0 Å². The van der Waals surface area contributed by atoms with E-state index >= 15 is 0 Å². The van der Waals surface area contributed by atoms with Crippen molar-refractivity contribution in [3.8, 4) is 11.5 Å². The standard InChI is InChI=1S/C34H40N4O5/c1-23-18-25(19-24(2)35-23)21-36-14-12-28(13-15-36)43-29-8-9-30(32(20-29)41-3)33(39)37-16-10-27(11-17-37)38-31-7-5-4-6-26(31)22-42-34(38)40/h4-9,18-20,27-28H,10-17,21-22H2,1-3H3. The van der Waals surface area contributed by atoms with Crippen LogP contribution in [0.1, 0.15) is 58.6 Å². The SMILES string of the molecule is COc1cc(OC2CCN(Cc3cc(C)nc(C)c3)CC2)ccc1C(=O)N1CCC(N2C(=O)OCc3ccccc32)CC1. The number of likely N-dealkylation sites (tertiary alicyclic amines) is 2. The van der Waals surface area contributed by atoms with Crippen molar-refractivity contribution in [2.75, 3.05) is 38.2 Å². The summed E-state index contributed by atoms with van der Waals surface area (Å²) in [5, 5.41) is 0. The van der Waals surface area contributed by atoms with Gasteiger partial charge in [-0.15, -0.1) is 0 Å². The summed E-state index contributed by atoms with van der Waals surface area (Å²) < 4.78 is 17.4. The number of methoxy groups -OCH3 is 1. The van der Waals surface area contributed by atoms with Gasteiger partial charge in [-0.2, -0.15) is 0 Å². The summed E-state index contributed by atoms with van der Waals surface area (Å²) in [5.41, 5.74) is 5.86. The van der Waals surface area contributed by atoms with Gasteiger partial charge in [-0.05, 0) is 75.4 Å². The molecule has 3 aliphatic heterocycles. The van der Waals surface area contributed by atoms with E-state index in [9.17, 15) is 9.59 Å². The molecule has 2 amide bonds. The fraction of sp³-hybridized carbons (Fsp3) is 0.441. The third kappa shape index (κ3) is 6.46. The van der Waals surface area contributed by atoms with Crippen molar-refractivity contribution in [2.24, 2.45) is 0 Å². The summed E-state index contributed by atoms with van der Waals surface area (Å²) >= 11 is 0. The van der Waals surface area contributed by atoms with Crippen LogP contribution < -0.4 is 14.4 Å². The van der Waals surface area contributed by atoms with E-state index in [0.29, 0.717) is 49.6 Å². The number of aromatic nitrogens is 1. The number of nitrogens with zero attached hydrogens (tertiary/aromatic N) is 4. The molecule has 2 fully saturated rings. The van der Waals surface area contributed by atoms with Crippen molar-refractivity contribution in [1.29, 1.82) is 0 Å². The molecule has 0 atom stereocenters. The minimum Gasteiger partial charge on any atom is -0.496 e. The quantitative estimate of drug-likeness (QED) is 0.362. The van der Waals surface area contributed by atoms with Crippen LogP contribution >= 0.6 is 0 Å². The van der Waals surface area contributed by atoms with Gasteiger partial charge in [0.25, 0.3) is 5.91 Å². The van der Waals surface area contributed by atoms with Gasteiger partial charge in [-0.1, -0.05) is 18.2 Å². The molecule has 226 valence electrons. The third-order valence-corrected chi connectivity index (χ3v) is 8.70. The van der Waals surface area contributed by atoms with Gasteiger partial charge in [-0.25, -0.2) is 4.79 Å². The van der Waals surface area contributed by atoms with Gasteiger partial charge in [0.05, 0.1) is 18.4 Å². The molecule has 3 aromatic rings. The number of aryl methyl sites for hydroxylation is 2. The van der Waals surface area contributed by atoms with Gasteiger partial charge in [0, 0.05) is 61.8 Å². The minimum atomic E-state index is -0.315.